The molecule has 10 nitrogen and oxygen atoms in total. The fourth-order valence-electron chi connectivity index (χ4n) is 3.87. The van der Waals surface area contributed by atoms with Gasteiger partial charge in [-0.15, -0.1) is 0 Å². The van der Waals surface area contributed by atoms with Gasteiger partial charge in [0.2, 0.25) is 5.91 Å². The summed E-state index contributed by atoms with van der Waals surface area (Å²) in [6, 6.07) is 5.15. The molecule has 2 amide bonds. The number of aromatic nitrogens is 1. The van der Waals surface area contributed by atoms with Crippen LogP contribution in [0.1, 0.15) is 33.1 Å². The minimum atomic E-state index is -4.01. The summed E-state index contributed by atoms with van der Waals surface area (Å²) >= 11 is 1.12. The largest absolute Gasteiger partial charge is 0.497 e. The van der Waals surface area contributed by atoms with Gasteiger partial charge in [-0.1, -0.05) is 11.3 Å². The topological polar surface area (TPSA) is 124 Å². The van der Waals surface area contributed by atoms with E-state index in [-0.39, 0.29) is 24.0 Å². The van der Waals surface area contributed by atoms with Crippen LogP contribution in [0.2, 0.25) is 0 Å². The van der Waals surface area contributed by atoms with Crippen molar-refractivity contribution in [2.75, 3.05) is 31.8 Å². The lowest BCUT2D eigenvalue weighted by Crippen LogP contribution is -2.45. The molecule has 12 heteroatoms. The lowest BCUT2D eigenvalue weighted by Gasteiger charge is -2.33. The van der Waals surface area contributed by atoms with Gasteiger partial charge >= 0.3 is 5.97 Å². The first-order chi connectivity index (χ1) is 16.1. The van der Waals surface area contributed by atoms with Gasteiger partial charge in [-0.2, -0.15) is 4.99 Å². The van der Waals surface area contributed by atoms with E-state index in [1.165, 1.54) is 11.7 Å². The molecule has 186 valence electrons. The molecule has 1 fully saturated rings. The van der Waals surface area contributed by atoms with Crippen molar-refractivity contribution < 1.29 is 32.3 Å². The van der Waals surface area contributed by atoms with Gasteiger partial charge in [0.05, 0.1) is 23.9 Å². The molecular formula is C22H29N3O7S2. The Labute approximate surface area is 202 Å². The summed E-state index contributed by atoms with van der Waals surface area (Å²) in [5.41, 5.74) is 0.627. The Hall–Kier alpha value is -2.73. The monoisotopic (exact) mass is 511 g/mol. The highest BCUT2D eigenvalue weighted by molar-refractivity contribution is 7.92. The predicted octanol–water partition coefficient (Wildman–Crippen LogP) is 1.52. The van der Waals surface area contributed by atoms with Crippen molar-refractivity contribution in [3.63, 3.8) is 0 Å². The van der Waals surface area contributed by atoms with E-state index in [0.29, 0.717) is 22.5 Å². The van der Waals surface area contributed by atoms with Crippen molar-refractivity contribution >= 4 is 49.2 Å². The maximum atomic E-state index is 12.6. The van der Waals surface area contributed by atoms with Crippen LogP contribution in [0.3, 0.4) is 0 Å². The Balaban J connectivity index is 1.84. The number of hydrogen-bond acceptors (Lipinski definition) is 8. The number of hydrogen-bond donors (Lipinski definition) is 0. The normalized spacial score (nSPS) is 17.1. The molecule has 3 rings (SSSR count). The Morgan fingerprint density at radius 1 is 1.21 bits per heavy atom. The first-order valence-electron chi connectivity index (χ1n) is 11.0. The van der Waals surface area contributed by atoms with Crippen LogP contribution in [0.15, 0.2) is 23.2 Å². The van der Waals surface area contributed by atoms with Gasteiger partial charge in [-0.05, 0) is 51.3 Å². The minimum Gasteiger partial charge on any atom is -0.497 e. The summed E-state index contributed by atoms with van der Waals surface area (Å²) in [5.74, 6) is -2.95. The molecule has 0 saturated carbocycles. The van der Waals surface area contributed by atoms with Crippen molar-refractivity contribution in [3.8, 4) is 5.75 Å². The van der Waals surface area contributed by atoms with E-state index in [0.717, 1.165) is 30.6 Å². The van der Waals surface area contributed by atoms with Gasteiger partial charge in [0, 0.05) is 12.6 Å². The van der Waals surface area contributed by atoms with Crippen molar-refractivity contribution in [2.45, 2.75) is 45.7 Å². The van der Waals surface area contributed by atoms with Crippen LogP contribution in [0.25, 0.3) is 10.2 Å². The van der Waals surface area contributed by atoms with Crippen LogP contribution in [0.4, 0.5) is 0 Å². The van der Waals surface area contributed by atoms with Crippen LogP contribution in [-0.2, 0) is 35.5 Å². The second kappa shape index (κ2) is 11.1. The van der Waals surface area contributed by atoms with E-state index in [1.807, 2.05) is 6.92 Å². The van der Waals surface area contributed by atoms with Crippen LogP contribution in [0, 0.1) is 0 Å². The summed E-state index contributed by atoms with van der Waals surface area (Å²) in [6.45, 7) is 4.10. The number of esters is 1. The smallest absolute Gasteiger partial charge is 0.326 e. The molecule has 2 heterocycles. The number of piperidine rings is 1. The molecule has 0 spiro atoms. The fourth-order valence-corrected chi connectivity index (χ4v) is 6.03. The number of methoxy groups -OCH3 is 1. The Bertz CT molecular complexity index is 1250. The predicted molar refractivity (Wildman–Crippen MR) is 127 cm³/mol. The molecule has 1 unspecified atom stereocenters. The number of benzene rings is 1. The van der Waals surface area contributed by atoms with Crippen molar-refractivity contribution in [2.24, 2.45) is 4.99 Å². The number of sulfone groups is 1. The zero-order chi connectivity index (χ0) is 24.9. The van der Waals surface area contributed by atoms with Crippen molar-refractivity contribution in [1.29, 1.82) is 0 Å². The van der Waals surface area contributed by atoms with Crippen molar-refractivity contribution in [1.82, 2.24) is 9.47 Å². The molecular weight excluding hydrogens is 482 g/mol. The summed E-state index contributed by atoms with van der Waals surface area (Å²) in [5, 5.41) is 0. The molecule has 1 aromatic heterocycles. The molecule has 1 aromatic carbocycles. The van der Waals surface area contributed by atoms with Gasteiger partial charge in [-0.3, -0.25) is 14.4 Å². The number of fused-ring (bicyclic) bond motifs is 1. The number of amides is 2. The average Bonchev–Trinajstić information content (AvgIpc) is 3.08. The Morgan fingerprint density at radius 2 is 1.97 bits per heavy atom. The highest BCUT2D eigenvalue weighted by Crippen LogP contribution is 2.23. The van der Waals surface area contributed by atoms with Gasteiger partial charge < -0.3 is 18.9 Å². The summed E-state index contributed by atoms with van der Waals surface area (Å²) in [6.07, 6.45) is 2.67. The van der Waals surface area contributed by atoms with Crippen LogP contribution >= 0.6 is 11.3 Å². The summed E-state index contributed by atoms with van der Waals surface area (Å²) in [4.78, 5) is 42.9. The maximum absolute atomic E-state index is 12.6. The molecule has 1 aliphatic rings. The number of nitrogens with zero attached hydrogens (tertiary/aromatic N) is 3. The standard InChI is InChI=1S/C22H29N3O7S2/c1-4-32-21(28)12-25-17-9-8-16(31-3)11-18(17)33-22(25)23-19(26)13-34(29,30)14-20(27)24-10-6-5-7-15(24)2/h8-9,11,15H,4-7,10,12-14H2,1-3H3. The van der Waals surface area contributed by atoms with E-state index in [2.05, 4.69) is 4.99 Å². The molecule has 0 aliphatic carbocycles. The summed E-state index contributed by atoms with van der Waals surface area (Å²) in [7, 11) is -2.49. The van der Waals surface area contributed by atoms with Crippen LogP contribution in [-0.4, -0.2) is 73.5 Å². The lowest BCUT2D eigenvalue weighted by molar-refractivity contribution is -0.143. The highest BCUT2D eigenvalue weighted by atomic mass is 32.2. The number of thiazole rings is 1. The van der Waals surface area contributed by atoms with E-state index < -0.39 is 39.1 Å². The molecule has 0 bridgehead atoms. The van der Waals surface area contributed by atoms with Crippen LogP contribution in [0.5, 0.6) is 5.75 Å². The number of rotatable bonds is 8. The fraction of sp³-hybridized carbons (Fsp3) is 0.545. The molecule has 1 aliphatic heterocycles. The van der Waals surface area contributed by atoms with Gasteiger partial charge in [-0.25, -0.2) is 8.42 Å². The first kappa shape index (κ1) is 25.9. The third kappa shape index (κ3) is 6.44. The van der Waals surface area contributed by atoms with E-state index in [4.69, 9.17) is 9.47 Å². The summed E-state index contributed by atoms with van der Waals surface area (Å²) < 4.78 is 37.6. The Kier molecular flexibility index (Phi) is 8.47. The van der Waals surface area contributed by atoms with Crippen LogP contribution < -0.4 is 9.54 Å². The van der Waals surface area contributed by atoms with E-state index in [1.54, 1.807) is 30.0 Å². The zero-order valence-corrected chi connectivity index (χ0v) is 21.1. The molecule has 1 atom stereocenters. The molecule has 1 saturated heterocycles. The third-order valence-corrected chi connectivity index (χ3v) is 7.93. The third-order valence-electron chi connectivity index (χ3n) is 5.51. The lowest BCUT2D eigenvalue weighted by atomic mass is 10.0. The molecule has 34 heavy (non-hydrogen) atoms. The second-order valence-corrected chi connectivity index (χ2v) is 11.2. The molecule has 0 radical (unpaired) electrons. The second-order valence-electron chi connectivity index (χ2n) is 8.08. The van der Waals surface area contributed by atoms with E-state index in [9.17, 15) is 22.8 Å². The minimum absolute atomic E-state index is 0.0192. The number of carbonyl (C=O) groups excluding carboxylic acids is 3. The highest BCUT2D eigenvalue weighted by Gasteiger charge is 2.28. The van der Waals surface area contributed by atoms with Crippen molar-refractivity contribution in [3.05, 3.63) is 23.0 Å². The maximum Gasteiger partial charge on any atom is 0.326 e. The first-order valence-corrected chi connectivity index (χ1v) is 13.7. The molecule has 0 N–H and O–H groups in total. The molecule has 2 aromatic rings. The zero-order valence-electron chi connectivity index (χ0n) is 19.5. The quantitative estimate of drug-likeness (QED) is 0.492. The van der Waals surface area contributed by atoms with Gasteiger partial charge in [0.25, 0.3) is 5.91 Å². The number of carbonyl (C=O) groups is 3. The van der Waals surface area contributed by atoms with E-state index >= 15 is 0 Å². The van der Waals surface area contributed by atoms with Gasteiger partial charge in [0.1, 0.15) is 23.8 Å². The van der Waals surface area contributed by atoms with Gasteiger partial charge in [0.15, 0.2) is 14.6 Å². The number of ether oxygens (including phenoxy) is 2. The SMILES string of the molecule is CCOC(=O)Cn1c(=NC(=O)CS(=O)(=O)CC(=O)N2CCCCC2C)sc2cc(OC)ccc21. The number of likely N-dealkylation sites (tertiary alicyclic amines) is 1. The Morgan fingerprint density at radius 3 is 2.65 bits per heavy atom. The average molecular weight is 512 g/mol.